The Morgan fingerprint density at radius 3 is 2.55 bits per heavy atom. The minimum absolute atomic E-state index is 0.411. The highest BCUT2D eigenvalue weighted by molar-refractivity contribution is 5.40. The van der Waals surface area contributed by atoms with Crippen molar-refractivity contribution in [3.8, 4) is 5.75 Å². The van der Waals surface area contributed by atoms with Crippen molar-refractivity contribution >= 4 is 5.82 Å². The first-order valence-corrected chi connectivity index (χ1v) is 6.76. The summed E-state index contributed by atoms with van der Waals surface area (Å²) in [5, 5.41) is 0. The summed E-state index contributed by atoms with van der Waals surface area (Å²) in [5.41, 5.74) is 9.03. The molecule has 0 atom stereocenters. The number of ether oxygens (including phenoxy) is 1. The van der Waals surface area contributed by atoms with Crippen LogP contribution >= 0.6 is 0 Å². The summed E-state index contributed by atoms with van der Waals surface area (Å²) in [5.74, 6) is 2.61. The fourth-order valence-corrected chi connectivity index (χ4v) is 2.26. The average Bonchev–Trinajstić information content (AvgIpc) is 2.37. The molecule has 0 aliphatic rings. The maximum absolute atomic E-state index is 5.77. The third-order valence-corrected chi connectivity index (χ3v) is 3.20. The van der Waals surface area contributed by atoms with E-state index in [2.05, 4.69) is 29.9 Å². The van der Waals surface area contributed by atoms with E-state index in [0.717, 1.165) is 17.3 Å². The molecule has 0 radical (unpaired) electrons. The summed E-state index contributed by atoms with van der Waals surface area (Å²) < 4.78 is 5.40. The summed E-state index contributed by atoms with van der Waals surface area (Å²) in [6.07, 6.45) is 0.676. The van der Waals surface area contributed by atoms with Gasteiger partial charge in [0.15, 0.2) is 0 Å². The number of nitrogen functional groups attached to an aromatic ring is 1. The van der Waals surface area contributed by atoms with Crippen LogP contribution in [-0.2, 0) is 6.42 Å². The standard InChI is InChI=1S/C16H21N3O/c1-10(2)13-8-12(5-6-14(13)20-4)9-16-18-11(3)7-15(17)19-16/h5-8,10H,9H2,1-4H3,(H2,17,18,19). The van der Waals surface area contributed by atoms with Crippen molar-refractivity contribution in [2.45, 2.75) is 33.1 Å². The molecule has 0 saturated carbocycles. The van der Waals surface area contributed by atoms with Crippen LogP contribution in [0.3, 0.4) is 0 Å². The summed E-state index contributed by atoms with van der Waals surface area (Å²) in [6, 6.07) is 7.98. The molecule has 0 fully saturated rings. The largest absolute Gasteiger partial charge is 0.496 e. The minimum atomic E-state index is 0.411. The lowest BCUT2D eigenvalue weighted by Crippen LogP contribution is -2.03. The number of nitrogens with two attached hydrogens (primary N) is 1. The third kappa shape index (κ3) is 3.26. The average molecular weight is 271 g/mol. The van der Waals surface area contributed by atoms with E-state index >= 15 is 0 Å². The number of hydrogen-bond acceptors (Lipinski definition) is 4. The summed E-state index contributed by atoms with van der Waals surface area (Å²) >= 11 is 0. The lowest BCUT2D eigenvalue weighted by atomic mass is 9.98. The van der Waals surface area contributed by atoms with Crippen LogP contribution in [0.2, 0.25) is 0 Å². The normalized spacial score (nSPS) is 10.8. The van der Waals surface area contributed by atoms with Gasteiger partial charge in [-0.25, -0.2) is 9.97 Å². The van der Waals surface area contributed by atoms with E-state index in [-0.39, 0.29) is 0 Å². The van der Waals surface area contributed by atoms with E-state index in [9.17, 15) is 0 Å². The molecule has 2 aromatic rings. The lowest BCUT2D eigenvalue weighted by molar-refractivity contribution is 0.407. The number of hydrogen-bond donors (Lipinski definition) is 1. The number of methoxy groups -OCH3 is 1. The first-order valence-electron chi connectivity index (χ1n) is 6.76. The second kappa shape index (κ2) is 5.90. The summed E-state index contributed by atoms with van der Waals surface area (Å²) in [6.45, 7) is 6.24. The molecule has 0 bridgehead atoms. The Hall–Kier alpha value is -2.10. The van der Waals surface area contributed by atoms with Crippen molar-refractivity contribution in [1.29, 1.82) is 0 Å². The Labute approximate surface area is 120 Å². The van der Waals surface area contributed by atoms with Gasteiger partial charge in [-0.15, -0.1) is 0 Å². The fraction of sp³-hybridized carbons (Fsp3) is 0.375. The Morgan fingerprint density at radius 1 is 1.20 bits per heavy atom. The molecule has 2 rings (SSSR count). The third-order valence-electron chi connectivity index (χ3n) is 3.20. The molecular formula is C16H21N3O. The molecule has 4 nitrogen and oxygen atoms in total. The van der Waals surface area contributed by atoms with E-state index < -0.39 is 0 Å². The van der Waals surface area contributed by atoms with Gasteiger partial charge >= 0.3 is 0 Å². The van der Waals surface area contributed by atoms with Crippen LogP contribution in [0.4, 0.5) is 5.82 Å². The zero-order valence-corrected chi connectivity index (χ0v) is 12.5. The highest BCUT2D eigenvalue weighted by Gasteiger charge is 2.10. The van der Waals surface area contributed by atoms with Crippen LogP contribution in [0.25, 0.3) is 0 Å². The number of benzene rings is 1. The molecule has 0 amide bonds. The lowest BCUT2D eigenvalue weighted by Gasteiger charge is -2.13. The van der Waals surface area contributed by atoms with Gasteiger partial charge in [-0.1, -0.05) is 26.0 Å². The quantitative estimate of drug-likeness (QED) is 0.928. The van der Waals surface area contributed by atoms with Gasteiger partial charge in [-0.3, -0.25) is 0 Å². The van der Waals surface area contributed by atoms with E-state index in [1.54, 1.807) is 13.2 Å². The van der Waals surface area contributed by atoms with Crippen molar-refractivity contribution in [3.63, 3.8) is 0 Å². The fourth-order valence-electron chi connectivity index (χ4n) is 2.26. The molecule has 2 N–H and O–H groups in total. The molecule has 20 heavy (non-hydrogen) atoms. The summed E-state index contributed by atoms with van der Waals surface area (Å²) in [7, 11) is 1.70. The second-order valence-corrected chi connectivity index (χ2v) is 5.26. The number of anilines is 1. The van der Waals surface area contributed by atoms with Gasteiger partial charge in [0.25, 0.3) is 0 Å². The van der Waals surface area contributed by atoms with E-state index in [1.807, 2.05) is 19.1 Å². The predicted octanol–water partition coefficient (Wildman–Crippen LogP) is 3.09. The van der Waals surface area contributed by atoms with Crippen LogP contribution in [-0.4, -0.2) is 17.1 Å². The monoisotopic (exact) mass is 271 g/mol. The molecule has 0 aliphatic heterocycles. The maximum atomic E-state index is 5.77. The molecule has 0 aliphatic carbocycles. The molecule has 1 aromatic carbocycles. The summed E-state index contributed by atoms with van der Waals surface area (Å²) in [4.78, 5) is 8.71. The van der Waals surface area contributed by atoms with Crippen LogP contribution in [0, 0.1) is 6.92 Å². The second-order valence-electron chi connectivity index (χ2n) is 5.26. The molecule has 0 spiro atoms. The molecule has 4 heteroatoms. The number of nitrogens with zero attached hydrogens (tertiary/aromatic N) is 2. The van der Waals surface area contributed by atoms with Gasteiger partial charge < -0.3 is 10.5 Å². The first kappa shape index (κ1) is 14.3. The molecular weight excluding hydrogens is 250 g/mol. The van der Waals surface area contributed by atoms with Gasteiger partial charge in [-0.2, -0.15) is 0 Å². The molecule has 1 aromatic heterocycles. The van der Waals surface area contributed by atoms with Crippen molar-refractivity contribution in [3.05, 3.63) is 46.9 Å². The highest BCUT2D eigenvalue weighted by atomic mass is 16.5. The van der Waals surface area contributed by atoms with Crippen LogP contribution < -0.4 is 10.5 Å². The van der Waals surface area contributed by atoms with Gasteiger partial charge in [-0.05, 0) is 30.0 Å². The maximum Gasteiger partial charge on any atom is 0.135 e. The van der Waals surface area contributed by atoms with Gasteiger partial charge in [0.2, 0.25) is 0 Å². The van der Waals surface area contributed by atoms with Crippen LogP contribution in [0.5, 0.6) is 5.75 Å². The van der Waals surface area contributed by atoms with Crippen molar-refractivity contribution < 1.29 is 4.74 Å². The molecule has 1 heterocycles. The Morgan fingerprint density at radius 2 is 1.95 bits per heavy atom. The molecule has 106 valence electrons. The number of aromatic nitrogens is 2. The zero-order chi connectivity index (χ0) is 14.7. The molecule has 0 unspecified atom stereocenters. The Balaban J connectivity index is 2.31. The highest BCUT2D eigenvalue weighted by Crippen LogP contribution is 2.27. The molecule has 0 saturated heterocycles. The van der Waals surface area contributed by atoms with Crippen LogP contribution in [0.1, 0.15) is 42.4 Å². The van der Waals surface area contributed by atoms with E-state index in [0.29, 0.717) is 18.2 Å². The zero-order valence-electron chi connectivity index (χ0n) is 12.5. The van der Waals surface area contributed by atoms with Crippen molar-refractivity contribution in [2.24, 2.45) is 0 Å². The predicted molar refractivity (Wildman–Crippen MR) is 81.1 cm³/mol. The first-order chi connectivity index (χ1) is 9.49. The number of rotatable bonds is 4. The topological polar surface area (TPSA) is 61.0 Å². The van der Waals surface area contributed by atoms with E-state index in [1.165, 1.54) is 11.1 Å². The van der Waals surface area contributed by atoms with E-state index in [4.69, 9.17) is 10.5 Å². The van der Waals surface area contributed by atoms with Gasteiger partial charge in [0.1, 0.15) is 17.4 Å². The number of aryl methyl sites for hydroxylation is 1. The smallest absolute Gasteiger partial charge is 0.135 e. The SMILES string of the molecule is COc1ccc(Cc2nc(C)cc(N)n2)cc1C(C)C. The minimum Gasteiger partial charge on any atom is -0.496 e. The van der Waals surface area contributed by atoms with Crippen LogP contribution in [0.15, 0.2) is 24.3 Å². The van der Waals surface area contributed by atoms with Gasteiger partial charge in [0.05, 0.1) is 7.11 Å². The van der Waals surface area contributed by atoms with Crippen molar-refractivity contribution in [2.75, 3.05) is 12.8 Å². The Bertz CT molecular complexity index is 588. The Kier molecular flexibility index (Phi) is 4.23. The van der Waals surface area contributed by atoms with Crippen molar-refractivity contribution in [1.82, 2.24) is 9.97 Å². The van der Waals surface area contributed by atoms with Gasteiger partial charge in [0, 0.05) is 18.2 Å².